The van der Waals surface area contributed by atoms with E-state index in [1.807, 2.05) is 36.4 Å². The highest BCUT2D eigenvalue weighted by Gasteiger charge is 2.33. The number of hydrogen-bond acceptors (Lipinski definition) is 4. The van der Waals surface area contributed by atoms with Gasteiger partial charge in [-0.1, -0.05) is 72.4 Å². The molecule has 2 aromatic carbocycles. The molecule has 0 unspecified atom stereocenters. The van der Waals surface area contributed by atoms with Crippen molar-refractivity contribution in [2.45, 2.75) is 19.1 Å². The molecule has 2 aromatic rings. The Labute approximate surface area is 134 Å². The first-order valence-corrected chi connectivity index (χ1v) is 8.19. The molecule has 1 aliphatic rings. The topological polar surface area (TPSA) is 38.7 Å². The van der Waals surface area contributed by atoms with Crippen molar-refractivity contribution in [3.05, 3.63) is 71.8 Å². The number of Topliss-reactive ketones (excluding diaryl/α,β-unsaturated/α-hetero) is 1. The number of ether oxygens (including phenoxy) is 1. The van der Waals surface area contributed by atoms with E-state index in [4.69, 9.17) is 9.73 Å². The van der Waals surface area contributed by atoms with Gasteiger partial charge in [0.1, 0.15) is 11.8 Å². The van der Waals surface area contributed by atoms with E-state index < -0.39 is 0 Å². The molecule has 0 bridgehead atoms. The van der Waals surface area contributed by atoms with Gasteiger partial charge in [0.25, 0.3) is 0 Å². The van der Waals surface area contributed by atoms with Gasteiger partial charge < -0.3 is 4.74 Å². The summed E-state index contributed by atoms with van der Waals surface area (Å²) in [5, 5.41) is 0.595. The van der Waals surface area contributed by atoms with Crippen LogP contribution in [0.4, 0.5) is 0 Å². The summed E-state index contributed by atoms with van der Waals surface area (Å²) in [5.41, 5.74) is 2.22. The van der Waals surface area contributed by atoms with Crippen molar-refractivity contribution in [2.75, 3.05) is 5.75 Å². The highest BCUT2D eigenvalue weighted by Crippen LogP contribution is 2.41. The van der Waals surface area contributed by atoms with E-state index in [0.717, 1.165) is 11.1 Å². The van der Waals surface area contributed by atoms with Crippen LogP contribution in [0.25, 0.3) is 0 Å². The fourth-order valence-corrected chi connectivity index (χ4v) is 3.10. The third-order valence-corrected chi connectivity index (χ3v) is 4.43. The largest absolute Gasteiger partial charge is 0.462 e. The molecule has 22 heavy (non-hydrogen) atoms. The molecule has 112 valence electrons. The first-order valence-electron chi connectivity index (χ1n) is 7.20. The fourth-order valence-electron chi connectivity index (χ4n) is 2.41. The minimum atomic E-state index is -0.141. The van der Waals surface area contributed by atoms with E-state index in [2.05, 4.69) is 24.3 Å². The lowest BCUT2D eigenvalue weighted by atomic mass is 9.97. The van der Waals surface area contributed by atoms with Gasteiger partial charge in [0.2, 0.25) is 5.23 Å². The Morgan fingerprint density at radius 1 is 1.05 bits per heavy atom. The van der Waals surface area contributed by atoms with E-state index in [9.17, 15) is 4.79 Å². The van der Waals surface area contributed by atoms with Gasteiger partial charge in [-0.05, 0) is 18.1 Å². The van der Waals surface area contributed by atoms with Crippen LogP contribution >= 0.6 is 11.8 Å². The predicted octanol–water partition coefficient (Wildman–Crippen LogP) is 4.18. The first kappa shape index (κ1) is 14.9. The number of rotatable bonds is 4. The number of ketones is 1. The molecule has 0 saturated heterocycles. The van der Waals surface area contributed by atoms with Crippen LogP contribution in [0.5, 0.6) is 0 Å². The Balaban J connectivity index is 1.88. The average Bonchev–Trinajstić information content (AvgIpc) is 2.99. The van der Waals surface area contributed by atoms with Crippen LogP contribution in [0.2, 0.25) is 0 Å². The fraction of sp³-hybridized carbons (Fsp3) is 0.222. The predicted molar refractivity (Wildman–Crippen MR) is 90.0 cm³/mol. The molecule has 0 aromatic heterocycles. The number of benzene rings is 2. The molecule has 1 aliphatic heterocycles. The molecule has 0 spiro atoms. The minimum Gasteiger partial charge on any atom is -0.462 e. The van der Waals surface area contributed by atoms with Crippen molar-refractivity contribution in [3.8, 4) is 0 Å². The normalized spacial score (nSPS) is 20.3. The summed E-state index contributed by atoms with van der Waals surface area (Å²) in [7, 11) is 0. The SMILES string of the molecule is CC(=O)CSC1=N[C@H](c2ccccc2)[C@H](c2ccccc2)O1. The van der Waals surface area contributed by atoms with E-state index in [0.29, 0.717) is 11.0 Å². The zero-order chi connectivity index (χ0) is 15.4. The zero-order valence-corrected chi connectivity index (χ0v) is 13.1. The number of carbonyl (C=O) groups excluding carboxylic acids is 1. The summed E-state index contributed by atoms with van der Waals surface area (Å²) < 4.78 is 6.03. The molecule has 0 saturated carbocycles. The highest BCUT2D eigenvalue weighted by molar-refractivity contribution is 8.14. The molecular formula is C18H17NO2S. The van der Waals surface area contributed by atoms with Crippen molar-refractivity contribution >= 4 is 22.8 Å². The minimum absolute atomic E-state index is 0.0712. The van der Waals surface area contributed by atoms with E-state index in [1.54, 1.807) is 6.92 Å². The maximum Gasteiger partial charge on any atom is 0.247 e. The molecule has 4 heteroatoms. The molecule has 0 amide bonds. The zero-order valence-electron chi connectivity index (χ0n) is 12.3. The highest BCUT2D eigenvalue weighted by atomic mass is 32.2. The van der Waals surface area contributed by atoms with Crippen LogP contribution in [0, 0.1) is 0 Å². The summed E-state index contributed by atoms with van der Waals surface area (Å²) in [6, 6.07) is 20.2. The van der Waals surface area contributed by atoms with Crippen molar-refractivity contribution in [1.82, 2.24) is 0 Å². The third kappa shape index (κ3) is 3.39. The van der Waals surface area contributed by atoms with Crippen LogP contribution in [0.3, 0.4) is 0 Å². The Hall–Kier alpha value is -2.07. The van der Waals surface area contributed by atoms with Crippen molar-refractivity contribution in [1.29, 1.82) is 0 Å². The van der Waals surface area contributed by atoms with Crippen molar-refractivity contribution < 1.29 is 9.53 Å². The lowest BCUT2D eigenvalue weighted by molar-refractivity contribution is -0.114. The molecule has 0 aliphatic carbocycles. The first-order chi connectivity index (χ1) is 10.7. The summed E-state index contributed by atoms with van der Waals surface area (Å²) in [5.74, 6) is 0.512. The quantitative estimate of drug-likeness (QED) is 0.850. The molecule has 3 nitrogen and oxygen atoms in total. The Morgan fingerprint density at radius 3 is 2.23 bits per heavy atom. The standard InChI is InChI=1S/C18H17NO2S/c1-13(20)12-22-18-19-16(14-8-4-2-5-9-14)17(21-18)15-10-6-3-7-11-15/h2-11,16-17H,12H2,1H3/t16-,17+/m1/s1. The number of hydrogen-bond donors (Lipinski definition) is 0. The number of thioether (sulfide) groups is 1. The monoisotopic (exact) mass is 311 g/mol. The average molecular weight is 311 g/mol. The number of carbonyl (C=O) groups is 1. The molecule has 0 radical (unpaired) electrons. The van der Waals surface area contributed by atoms with Crippen molar-refractivity contribution in [2.24, 2.45) is 4.99 Å². The third-order valence-electron chi connectivity index (χ3n) is 3.43. The lowest BCUT2D eigenvalue weighted by Crippen LogP contribution is -2.08. The van der Waals surface area contributed by atoms with Gasteiger partial charge in [-0.25, -0.2) is 4.99 Å². The van der Waals surface area contributed by atoms with Crippen LogP contribution in [0.1, 0.15) is 30.2 Å². The molecule has 3 rings (SSSR count). The second-order valence-corrected chi connectivity index (χ2v) is 6.12. The van der Waals surface area contributed by atoms with Gasteiger partial charge in [-0.2, -0.15) is 0 Å². The van der Waals surface area contributed by atoms with E-state index in [1.165, 1.54) is 11.8 Å². The molecular weight excluding hydrogens is 294 g/mol. The van der Waals surface area contributed by atoms with Crippen molar-refractivity contribution in [3.63, 3.8) is 0 Å². The second kappa shape index (κ2) is 6.79. The molecule has 2 atom stereocenters. The number of nitrogens with zero attached hydrogens (tertiary/aromatic N) is 1. The van der Waals surface area contributed by atoms with Gasteiger partial charge in [-0.3, -0.25) is 4.79 Å². The second-order valence-electron chi connectivity index (χ2n) is 5.19. The van der Waals surface area contributed by atoms with Gasteiger partial charge in [-0.15, -0.1) is 0 Å². The van der Waals surface area contributed by atoms with Gasteiger partial charge in [0, 0.05) is 0 Å². The summed E-state index contributed by atoms with van der Waals surface area (Å²) >= 11 is 1.37. The number of aliphatic imine (C=N–C) groups is 1. The maximum absolute atomic E-state index is 11.2. The summed E-state index contributed by atoms with van der Waals surface area (Å²) in [4.78, 5) is 15.9. The Bertz CT molecular complexity index is 670. The van der Waals surface area contributed by atoms with Crippen LogP contribution in [-0.4, -0.2) is 16.8 Å². The summed E-state index contributed by atoms with van der Waals surface area (Å²) in [6.45, 7) is 1.58. The smallest absolute Gasteiger partial charge is 0.247 e. The summed E-state index contributed by atoms with van der Waals surface area (Å²) in [6.07, 6.45) is -0.141. The maximum atomic E-state index is 11.2. The lowest BCUT2D eigenvalue weighted by Gasteiger charge is -2.18. The van der Waals surface area contributed by atoms with E-state index in [-0.39, 0.29) is 17.9 Å². The van der Waals surface area contributed by atoms with Crippen LogP contribution in [-0.2, 0) is 9.53 Å². The Kier molecular flexibility index (Phi) is 4.59. The molecule has 1 heterocycles. The molecule has 0 fully saturated rings. The molecule has 0 N–H and O–H groups in total. The van der Waals surface area contributed by atoms with Gasteiger partial charge >= 0.3 is 0 Å². The van der Waals surface area contributed by atoms with Gasteiger partial charge in [0.05, 0.1) is 5.75 Å². The Morgan fingerprint density at radius 2 is 1.64 bits per heavy atom. The van der Waals surface area contributed by atoms with E-state index >= 15 is 0 Å². The van der Waals surface area contributed by atoms with Crippen LogP contribution in [0.15, 0.2) is 65.7 Å². The van der Waals surface area contributed by atoms with Crippen LogP contribution < -0.4 is 0 Å². The van der Waals surface area contributed by atoms with Gasteiger partial charge in [0.15, 0.2) is 6.10 Å².